The van der Waals surface area contributed by atoms with Crippen molar-refractivity contribution in [1.29, 1.82) is 5.26 Å². The average Bonchev–Trinajstić information content (AvgIpc) is 2.30. The van der Waals surface area contributed by atoms with E-state index in [0.717, 1.165) is 25.0 Å². The number of phenolic OH excluding ortho intramolecular Hbond substituents is 1. The fourth-order valence-electron chi connectivity index (χ4n) is 2.18. The normalized spacial score (nSPS) is 24.9. The topological polar surface area (TPSA) is 53.2 Å². The third kappa shape index (κ3) is 2.34. The highest BCUT2D eigenvalue weighted by Gasteiger charge is 2.33. The molecular weight excluding hydrogens is 202 g/mol. The zero-order valence-electron chi connectivity index (χ0n) is 9.15. The maximum atomic E-state index is 9.39. The first-order valence-electron chi connectivity index (χ1n) is 5.51. The molecular formula is C13H15NO2. The lowest BCUT2D eigenvalue weighted by Gasteiger charge is -2.30. The number of nitriles is 1. The summed E-state index contributed by atoms with van der Waals surface area (Å²) < 4.78 is 5.39. The second kappa shape index (κ2) is 4.54. The molecule has 1 unspecified atom stereocenters. The van der Waals surface area contributed by atoms with Crippen molar-refractivity contribution >= 4 is 0 Å². The lowest BCUT2D eigenvalue weighted by Crippen LogP contribution is -2.32. The molecule has 1 saturated heterocycles. The van der Waals surface area contributed by atoms with E-state index in [0.29, 0.717) is 13.0 Å². The number of phenols is 1. The van der Waals surface area contributed by atoms with Crippen molar-refractivity contribution in [2.24, 2.45) is 5.41 Å². The van der Waals surface area contributed by atoms with Gasteiger partial charge in [-0.25, -0.2) is 0 Å². The van der Waals surface area contributed by atoms with Gasteiger partial charge in [-0.2, -0.15) is 5.26 Å². The van der Waals surface area contributed by atoms with Crippen LogP contribution in [0.15, 0.2) is 24.3 Å². The van der Waals surface area contributed by atoms with Gasteiger partial charge in [0.15, 0.2) is 0 Å². The Balaban J connectivity index is 2.15. The van der Waals surface area contributed by atoms with E-state index in [2.05, 4.69) is 6.07 Å². The summed E-state index contributed by atoms with van der Waals surface area (Å²) >= 11 is 0. The van der Waals surface area contributed by atoms with Gasteiger partial charge in [0.1, 0.15) is 5.75 Å². The van der Waals surface area contributed by atoms with Gasteiger partial charge in [-0.15, -0.1) is 0 Å². The number of hydrogen-bond donors (Lipinski definition) is 1. The van der Waals surface area contributed by atoms with Crippen molar-refractivity contribution < 1.29 is 9.84 Å². The Kier molecular flexibility index (Phi) is 3.12. The van der Waals surface area contributed by atoms with Crippen LogP contribution in [0.1, 0.15) is 18.4 Å². The van der Waals surface area contributed by atoms with Crippen molar-refractivity contribution in [3.05, 3.63) is 29.8 Å². The molecule has 0 aromatic heterocycles. The predicted molar refractivity (Wildman–Crippen MR) is 59.9 cm³/mol. The molecule has 1 heterocycles. The molecule has 1 aromatic rings. The molecule has 1 aliphatic heterocycles. The Morgan fingerprint density at radius 2 is 2.38 bits per heavy atom. The van der Waals surface area contributed by atoms with Gasteiger partial charge in [0, 0.05) is 6.61 Å². The van der Waals surface area contributed by atoms with E-state index in [1.165, 1.54) is 0 Å². The van der Waals surface area contributed by atoms with Crippen LogP contribution < -0.4 is 0 Å². The summed E-state index contributed by atoms with van der Waals surface area (Å²) in [6, 6.07) is 9.48. The second-order valence-corrected chi connectivity index (χ2v) is 4.39. The van der Waals surface area contributed by atoms with Crippen LogP contribution in [0.25, 0.3) is 0 Å². The van der Waals surface area contributed by atoms with Gasteiger partial charge in [0.2, 0.25) is 0 Å². The summed E-state index contributed by atoms with van der Waals surface area (Å²) in [5, 5.41) is 18.7. The summed E-state index contributed by atoms with van der Waals surface area (Å²) in [6.07, 6.45) is 2.46. The quantitative estimate of drug-likeness (QED) is 0.826. The van der Waals surface area contributed by atoms with Gasteiger partial charge in [0.25, 0.3) is 0 Å². The van der Waals surface area contributed by atoms with Crippen molar-refractivity contribution in [1.82, 2.24) is 0 Å². The fraction of sp³-hybridized carbons (Fsp3) is 0.462. The van der Waals surface area contributed by atoms with Gasteiger partial charge < -0.3 is 9.84 Å². The van der Waals surface area contributed by atoms with Crippen molar-refractivity contribution in [2.75, 3.05) is 13.2 Å². The Bertz CT molecular complexity index is 403. The van der Waals surface area contributed by atoms with Gasteiger partial charge in [0.05, 0.1) is 18.1 Å². The minimum Gasteiger partial charge on any atom is -0.508 e. The van der Waals surface area contributed by atoms with Crippen LogP contribution in [0.3, 0.4) is 0 Å². The molecule has 0 amide bonds. The monoisotopic (exact) mass is 217 g/mol. The van der Waals surface area contributed by atoms with E-state index in [-0.39, 0.29) is 5.75 Å². The van der Waals surface area contributed by atoms with E-state index in [1.54, 1.807) is 18.2 Å². The molecule has 16 heavy (non-hydrogen) atoms. The van der Waals surface area contributed by atoms with Crippen LogP contribution in [0.4, 0.5) is 0 Å². The molecule has 1 aliphatic rings. The van der Waals surface area contributed by atoms with Gasteiger partial charge in [-0.05, 0) is 37.0 Å². The lowest BCUT2D eigenvalue weighted by molar-refractivity contribution is 0.0223. The second-order valence-electron chi connectivity index (χ2n) is 4.39. The average molecular weight is 217 g/mol. The number of nitrogens with zero attached hydrogens (tertiary/aromatic N) is 1. The van der Waals surface area contributed by atoms with Gasteiger partial charge in [-0.3, -0.25) is 0 Å². The minimum atomic E-state index is -0.411. The largest absolute Gasteiger partial charge is 0.508 e. The van der Waals surface area contributed by atoms with Crippen molar-refractivity contribution in [3.8, 4) is 11.8 Å². The SMILES string of the molecule is N#CC1(Cc2cccc(O)c2)CCCOC1. The van der Waals surface area contributed by atoms with Crippen LogP contribution in [0.2, 0.25) is 0 Å². The molecule has 1 atom stereocenters. The molecule has 84 valence electrons. The number of rotatable bonds is 2. The number of hydrogen-bond acceptors (Lipinski definition) is 3. The maximum Gasteiger partial charge on any atom is 0.115 e. The molecule has 1 aromatic carbocycles. The highest BCUT2D eigenvalue weighted by Crippen LogP contribution is 2.32. The van der Waals surface area contributed by atoms with E-state index < -0.39 is 5.41 Å². The molecule has 3 nitrogen and oxygen atoms in total. The Labute approximate surface area is 95.3 Å². The highest BCUT2D eigenvalue weighted by molar-refractivity contribution is 5.29. The molecule has 2 rings (SSSR count). The van der Waals surface area contributed by atoms with Gasteiger partial charge >= 0.3 is 0 Å². The van der Waals surface area contributed by atoms with Crippen LogP contribution in [0.5, 0.6) is 5.75 Å². The summed E-state index contributed by atoms with van der Waals surface area (Å²) in [6.45, 7) is 1.25. The molecule has 3 heteroatoms. The van der Waals surface area contributed by atoms with E-state index >= 15 is 0 Å². The smallest absolute Gasteiger partial charge is 0.115 e. The Morgan fingerprint density at radius 1 is 1.50 bits per heavy atom. The molecule has 0 saturated carbocycles. The number of benzene rings is 1. The summed E-state index contributed by atoms with van der Waals surface area (Å²) in [7, 11) is 0. The molecule has 1 N–H and O–H groups in total. The third-order valence-corrected chi connectivity index (χ3v) is 3.01. The molecule has 1 fully saturated rings. The number of ether oxygens (including phenoxy) is 1. The Hall–Kier alpha value is -1.53. The summed E-state index contributed by atoms with van der Waals surface area (Å²) in [5.74, 6) is 0.252. The zero-order chi connectivity index (χ0) is 11.4. The van der Waals surface area contributed by atoms with Crippen LogP contribution in [-0.4, -0.2) is 18.3 Å². The van der Waals surface area contributed by atoms with E-state index in [9.17, 15) is 10.4 Å². The van der Waals surface area contributed by atoms with Gasteiger partial charge in [-0.1, -0.05) is 12.1 Å². The fourth-order valence-corrected chi connectivity index (χ4v) is 2.18. The van der Waals surface area contributed by atoms with Crippen LogP contribution in [0, 0.1) is 16.7 Å². The van der Waals surface area contributed by atoms with E-state index in [4.69, 9.17) is 4.74 Å². The van der Waals surface area contributed by atoms with Crippen LogP contribution >= 0.6 is 0 Å². The lowest BCUT2D eigenvalue weighted by atomic mass is 9.78. The molecule has 0 aliphatic carbocycles. The third-order valence-electron chi connectivity index (χ3n) is 3.01. The standard InChI is InChI=1S/C13H15NO2/c14-9-13(5-2-6-16-10-13)8-11-3-1-4-12(15)7-11/h1,3-4,7,15H,2,5-6,8,10H2. The minimum absolute atomic E-state index is 0.252. The summed E-state index contributed by atoms with van der Waals surface area (Å²) in [4.78, 5) is 0. The van der Waals surface area contributed by atoms with Crippen LogP contribution in [-0.2, 0) is 11.2 Å². The van der Waals surface area contributed by atoms with Crippen molar-refractivity contribution in [3.63, 3.8) is 0 Å². The summed E-state index contributed by atoms with van der Waals surface area (Å²) in [5.41, 5.74) is 0.582. The zero-order valence-corrected chi connectivity index (χ0v) is 9.15. The highest BCUT2D eigenvalue weighted by atomic mass is 16.5. The first kappa shape index (κ1) is 11.0. The molecule has 0 spiro atoms. The number of aromatic hydroxyl groups is 1. The predicted octanol–water partition coefficient (Wildman–Crippen LogP) is 2.26. The first-order chi connectivity index (χ1) is 7.74. The molecule has 0 radical (unpaired) electrons. The van der Waals surface area contributed by atoms with E-state index in [1.807, 2.05) is 6.07 Å². The maximum absolute atomic E-state index is 9.39. The molecule has 0 bridgehead atoms. The first-order valence-corrected chi connectivity index (χ1v) is 5.51. The van der Waals surface area contributed by atoms with Crippen molar-refractivity contribution in [2.45, 2.75) is 19.3 Å². The Morgan fingerprint density at radius 3 is 3.00 bits per heavy atom.